The number of phosphoric acid groups is 1. The largest absolute Gasteiger partial charge is 0.480 e. The van der Waals surface area contributed by atoms with Crippen molar-refractivity contribution in [1.82, 2.24) is 0 Å². The Bertz CT molecular complexity index is 1020. The summed E-state index contributed by atoms with van der Waals surface area (Å²) in [5.41, 5.74) is 5.31. The van der Waals surface area contributed by atoms with Gasteiger partial charge in [-0.15, -0.1) is 0 Å². The highest BCUT2D eigenvalue weighted by atomic mass is 31.2. The highest BCUT2D eigenvalue weighted by Crippen LogP contribution is 2.43. The predicted molar refractivity (Wildman–Crippen MR) is 217 cm³/mol. The molecule has 11 nitrogen and oxygen atoms in total. The van der Waals surface area contributed by atoms with Crippen molar-refractivity contribution in [3.63, 3.8) is 0 Å². The average Bonchev–Trinajstić information content (AvgIpc) is 3.14. The van der Waals surface area contributed by atoms with Crippen LogP contribution in [0.25, 0.3) is 0 Å². The van der Waals surface area contributed by atoms with E-state index in [4.69, 9.17) is 24.8 Å². The molecule has 0 radical (unpaired) electrons. The van der Waals surface area contributed by atoms with Crippen molar-refractivity contribution in [2.45, 2.75) is 206 Å². The minimum atomic E-state index is -4.71. The van der Waals surface area contributed by atoms with E-state index in [2.05, 4.69) is 36.6 Å². The molecule has 0 aromatic carbocycles. The van der Waals surface area contributed by atoms with Gasteiger partial charge in [-0.2, -0.15) is 0 Å². The number of nitrogens with two attached hydrogens (primary N) is 1. The molecule has 0 amide bonds. The molecular weight excluding hydrogens is 709 g/mol. The second-order valence-corrected chi connectivity index (χ2v) is 15.9. The highest BCUT2D eigenvalue weighted by molar-refractivity contribution is 7.47. The van der Waals surface area contributed by atoms with E-state index < -0.39 is 51.1 Å². The molecule has 4 N–H and O–H groups in total. The van der Waals surface area contributed by atoms with Crippen molar-refractivity contribution in [2.24, 2.45) is 5.73 Å². The van der Waals surface area contributed by atoms with Crippen LogP contribution in [-0.2, 0) is 37.5 Å². The van der Waals surface area contributed by atoms with Crippen LogP contribution in [0.2, 0.25) is 0 Å². The van der Waals surface area contributed by atoms with Crippen LogP contribution in [0.5, 0.6) is 0 Å². The van der Waals surface area contributed by atoms with Gasteiger partial charge in [-0.1, -0.05) is 160 Å². The number of hydrogen-bond acceptors (Lipinski definition) is 9. The Morgan fingerprint density at radius 2 is 0.963 bits per heavy atom. The van der Waals surface area contributed by atoms with Gasteiger partial charge < -0.3 is 25.2 Å². The molecule has 0 aliphatic heterocycles. The van der Waals surface area contributed by atoms with Gasteiger partial charge in [0.05, 0.1) is 13.2 Å². The summed E-state index contributed by atoms with van der Waals surface area (Å²) in [7, 11) is -4.71. The van der Waals surface area contributed by atoms with Crippen molar-refractivity contribution < 1.29 is 47.5 Å². The molecule has 0 saturated carbocycles. The molecule has 0 heterocycles. The fourth-order valence-electron chi connectivity index (χ4n) is 5.79. The van der Waals surface area contributed by atoms with E-state index in [1.165, 1.54) is 109 Å². The minimum absolute atomic E-state index is 0.104. The lowest BCUT2D eigenvalue weighted by atomic mass is 10.0. The predicted octanol–water partition coefficient (Wildman–Crippen LogP) is 11.1. The number of aliphatic carboxylic acids is 1. The summed E-state index contributed by atoms with van der Waals surface area (Å²) in [5, 5.41) is 8.85. The molecule has 316 valence electrons. The van der Waals surface area contributed by atoms with Gasteiger partial charge >= 0.3 is 25.7 Å². The number of hydrogen-bond donors (Lipinski definition) is 3. The molecule has 0 bridgehead atoms. The number of carbonyl (C=O) groups excluding carboxylic acids is 2. The Morgan fingerprint density at radius 3 is 1.46 bits per heavy atom. The van der Waals surface area contributed by atoms with E-state index in [-0.39, 0.29) is 19.4 Å². The third kappa shape index (κ3) is 36.9. The maximum absolute atomic E-state index is 12.6. The van der Waals surface area contributed by atoms with Gasteiger partial charge in [0.2, 0.25) is 0 Å². The molecule has 0 rings (SSSR count). The van der Waals surface area contributed by atoms with Gasteiger partial charge in [0.25, 0.3) is 0 Å². The number of carbonyl (C=O) groups is 3. The summed E-state index contributed by atoms with van der Waals surface area (Å²) in [5.74, 6) is -2.43. The quantitative estimate of drug-likeness (QED) is 0.0233. The van der Waals surface area contributed by atoms with Crippen LogP contribution in [0.3, 0.4) is 0 Å². The second kappa shape index (κ2) is 37.9. The standard InChI is InChI=1S/C42H78NO10P/c1-3-5-7-9-11-12-13-14-15-16-17-18-19-20-21-22-23-24-25-26-28-30-32-34-41(45)53-38(36-51-54(48,49)52-37-39(43)42(46)47)35-50-40(44)33-31-29-27-10-8-6-4-2/h22-23,26,28,38-39H,3-21,24-25,27,29-37,43H2,1-2H3,(H,46,47)(H,48,49)/b23-22+,28-26+/t38-,39-/m0/s1. The number of unbranched alkanes of at least 4 members (excludes halogenated alkanes) is 22. The van der Waals surface area contributed by atoms with Crippen LogP contribution in [0.4, 0.5) is 0 Å². The molecule has 1 unspecified atom stereocenters. The molecule has 0 spiro atoms. The van der Waals surface area contributed by atoms with Crippen LogP contribution < -0.4 is 5.73 Å². The Morgan fingerprint density at radius 1 is 0.556 bits per heavy atom. The Balaban J connectivity index is 4.24. The van der Waals surface area contributed by atoms with E-state index in [0.717, 1.165) is 38.5 Å². The van der Waals surface area contributed by atoms with Gasteiger partial charge in [-0.25, -0.2) is 4.57 Å². The number of rotatable bonds is 40. The smallest absolute Gasteiger partial charge is 0.472 e. The lowest BCUT2D eigenvalue weighted by Crippen LogP contribution is -2.34. The first-order valence-corrected chi connectivity index (χ1v) is 22.9. The number of esters is 2. The Kier molecular flexibility index (Phi) is 36.4. The van der Waals surface area contributed by atoms with Crippen LogP contribution in [-0.4, -0.2) is 59.9 Å². The number of allylic oxidation sites excluding steroid dienone is 4. The van der Waals surface area contributed by atoms with E-state index in [1.54, 1.807) is 0 Å². The SMILES string of the molecule is CCCCCCCCCCCCCCCC/C=C/CC/C=C/CCCC(=O)O[C@@H](COC(=O)CCCCCCCCC)COP(=O)(O)OC[C@H](N)C(=O)O. The minimum Gasteiger partial charge on any atom is -0.480 e. The highest BCUT2D eigenvalue weighted by Gasteiger charge is 2.28. The van der Waals surface area contributed by atoms with Crippen LogP contribution in [0.15, 0.2) is 24.3 Å². The summed E-state index contributed by atoms with van der Waals surface area (Å²) in [6, 6.07) is -1.52. The van der Waals surface area contributed by atoms with Crippen LogP contribution in [0.1, 0.15) is 194 Å². The molecule has 0 aromatic heterocycles. The van der Waals surface area contributed by atoms with Gasteiger partial charge in [0.1, 0.15) is 12.6 Å². The van der Waals surface area contributed by atoms with Crippen LogP contribution in [0, 0.1) is 0 Å². The summed E-state index contributed by atoms with van der Waals surface area (Å²) in [4.78, 5) is 45.6. The molecule has 0 fully saturated rings. The lowest BCUT2D eigenvalue weighted by Gasteiger charge is -2.20. The average molecular weight is 788 g/mol. The fraction of sp³-hybridized carbons (Fsp3) is 0.833. The van der Waals surface area contributed by atoms with Crippen molar-refractivity contribution in [2.75, 3.05) is 19.8 Å². The first kappa shape index (κ1) is 52.0. The van der Waals surface area contributed by atoms with Gasteiger partial charge in [-0.3, -0.25) is 23.4 Å². The first-order valence-electron chi connectivity index (χ1n) is 21.4. The van der Waals surface area contributed by atoms with Gasteiger partial charge in [-0.05, 0) is 44.9 Å². The maximum Gasteiger partial charge on any atom is 0.472 e. The monoisotopic (exact) mass is 788 g/mol. The molecule has 0 saturated heterocycles. The number of carboxylic acid groups (broad SMARTS) is 1. The lowest BCUT2D eigenvalue weighted by molar-refractivity contribution is -0.161. The molecule has 0 aliphatic carbocycles. The van der Waals surface area contributed by atoms with Crippen molar-refractivity contribution in [3.8, 4) is 0 Å². The molecular formula is C42H78NO10P. The number of ether oxygens (including phenoxy) is 2. The third-order valence-corrected chi connectivity index (χ3v) is 10.1. The normalized spacial score (nSPS) is 14.0. The molecule has 0 aliphatic rings. The topological polar surface area (TPSA) is 172 Å². The zero-order valence-electron chi connectivity index (χ0n) is 34.1. The zero-order chi connectivity index (χ0) is 40.0. The number of carboxylic acids is 1. The van der Waals surface area contributed by atoms with Crippen molar-refractivity contribution in [1.29, 1.82) is 0 Å². The third-order valence-electron chi connectivity index (χ3n) is 9.18. The van der Waals surface area contributed by atoms with E-state index in [0.29, 0.717) is 19.3 Å². The number of phosphoric ester groups is 1. The van der Waals surface area contributed by atoms with Crippen LogP contribution >= 0.6 is 7.82 Å². The summed E-state index contributed by atoms with van der Waals surface area (Å²) < 4.78 is 32.5. The van der Waals surface area contributed by atoms with Crippen molar-refractivity contribution in [3.05, 3.63) is 24.3 Å². The first-order chi connectivity index (χ1) is 26.1. The van der Waals surface area contributed by atoms with Crippen molar-refractivity contribution >= 4 is 25.7 Å². The molecule has 54 heavy (non-hydrogen) atoms. The second-order valence-electron chi connectivity index (χ2n) is 14.5. The maximum atomic E-state index is 12.6. The summed E-state index contributed by atoms with van der Waals surface area (Å²) in [6.45, 7) is 2.71. The van der Waals surface area contributed by atoms with E-state index in [9.17, 15) is 23.8 Å². The van der Waals surface area contributed by atoms with E-state index in [1.807, 2.05) is 6.08 Å². The molecule has 0 aromatic rings. The molecule has 3 atom stereocenters. The summed E-state index contributed by atoms with van der Waals surface area (Å²) >= 11 is 0. The molecule has 12 heteroatoms. The van der Waals surface area contributed by atoms with Gasteiger partial charge in [0.15, 0.2) is 6.10 Å². The fourth-order valence-corrected chi connectivity index (χ4v) is 6.57. The Labute approximate surface area is 328 Å². The zero-order valence-corrected chi connectivity index (χ0v) is 35.0. The summed E-state index contributed by atoms with van der Waals surface area (Å²) in [6.07, 6.45) is 38.7. The Hall–Kier alpha value is -2.04. The van der Waals surface area contributed by atoms with E-state index >= 15 is 0 Å². The van der Waals surface area contributed by atoms with Gasteiger partial charge in [0, 0.05) is 12.8 Å².